The number of rotatable bonds is 7. The average Bonchev–Trinajstić information content (AvgIpc) is 3.17. The van der Waals surface area contributed by atoms with Crippen LogP contribution in [0.1, 0.15) is 31.2 Å². The van der Waals surface area contributed by atoms with Gasteiger partial charge in [-0.25, -0.2) is 0 Å². The van der Waals surface area contributed by atoms with E-state index >= 15 is 0 Å². The van der Waals surface area contributed by atoms with Crippen LogP contribution < -0.4 is 10.1 Å². The Hall–Kier alpha value is -0.940. The molecule has 6 heteroatoms. The predicted molar refractivity (Wildman–Crippen MR) is 72.1 cm³/mol. The Bertz CT molecular complexity index is 447. The van der Waals surface area contributed by atoms with Crippen molar-refractivity contribution < 1.29 is 17.9 Å². The van der Waals surface area contributed by atoms with Crippen LogP contribution in [0.3, 0.4) is 0 Å². The molecule has 2 nitrogen and oxygen atoms in total. The van der Waals surface area contributed by atoms with E-state index in [0.717, 1.165) is 5.56 Å². The molecule has 0 heterocycles. The number of alkyl halides is 3. The first-order valence-corrected chi connectivity index (χ1v) is 7.04. The first-order chi connectivity index (χ1) is 9.46. The molecular formula is C14H17ClF3NO. The van der Waals surface area contributed by atoms with Gasteiger partial charge in [0.25, 0.3) is 0 Å². The molecule has 1 N–H and O–H groups in total. The summed E-state index contributed by atoms with van der Waals surface area (Å²) >= 11 is 6.05. The summed E-state index contributed by atoms with van der Waals surface area (Å²) in [5.41, 5.74) is 0.886. The number of benzene rings is 1. The van der Waals surface area contributed by atoms with Crippen LogP contribution in [0.5, 0.6) is 5.75 Å². The summed E-state index contributed by atoms with van der Waals surface area (Å²) in [7, 11) is 0. The Kier molecular flexibility index (Phi) is 5.16. The molecule has 1 aliphatic carbocycles. The predicted octanol–water partition coefficient (Wildman–Crippen LogP) is 4.31. The summed E-state index contributed by atoms with van der Waals surface area (Å²) in [6, 6.07) is 5.92. The third kappa shape index (κ3) is 5.21. The van der Waals surface area contributed by atoms with Crippen molar-refractivity contribution >= 4 is 11.6 Å². The molecule has 1 aromatic rings. The van der Waals surface area contributed by atoms with Gasteiger partial charge in [-0.2, -0.15) is 13.2 Å². The van der Waals surface area contributed by atoms with Gasteiger partial charge in [0.05, 0.1) is 11.6 Å². The lowest BCUT2D eigenvalue weighted by Crippen LogP contribution is -2.16. The van der Waals surface area contributed by atoms with E-state index in [-0.39, 0.29) is 13.0 Å². The minimum atomic E-state index is -4.14. The fourth-order valence-corrected chi connectivity index (χ4v) is 2.09. The maximum absolute atomic E-state index is 12.1. The zero-order valence-electron chi connectivity index (χ0n) is 11.0. The third-order valence-electron chi connectivity index (χ3n) is 3.06. The molecule has 0 aromatic heterocycles. The van der Waals surface area contributed by atoms with Crippen molar-refractivity contribution in [3.8, 4) is 5.75 Å². The van der Waals surface area contributed by atoms with Gasteiger partial charge in [0.15, 0.2) is 0 Å². The second-order valence-corrected chi connectivity index (χ2v) is 5.36. The zero-order chi connectivity index (χ0) is 14.6. The number of para-hydroxylation sites is 1. The van der Waals surface area contributed by atoms with E-state index in [1.165, 1.54) is 12.8 Å². The summed E-state index contributed by atoms with van der Waals surface area (Å²) in [5, 5.41) is 3.77. The van der Waals surface area contributed by atoms with Crippen LogP contribution in [-0.4, -0.2) is 18.8 Å². The minimum absolute atomic E-state index is 0.0136. The van der Waals surface area contributed by atoms with Crippen molar-refractivity contribution in [2.75, 3.05) is 6.61 Å². The number of hydrogen-bond acceptors (Lipinski definition) is 2. The van der Waals surface area contributed by atoms with Crippen LogP contribution in [0, 0.1) is 0 Å². The first-order valence-electron chi connectivity index (χ1n) is 6.66. The van der Waals surface area contributed by atoms with Gasteiger partial charge in [-0.15, -0.1) is 0 Å². The van der Waals surface area contributed by atoms with Gasteiger partial charge in [-0.05, 0) is 25.3 Å². The van der Waals surface area contributed by atoms with Crippen LogP contribution >= 0.6 is 11.6 Å². The molecule has 0 radical (unpaired) electrons. The van der Waals surface area contributed by atoms with Gasteiger partial charge in [0, 0.05) is 24.6 Å². The highest BCUT2D eigenvalue weighted by Crippen LogP contribution is 2.30. The maximum atomic E-state index is 12.1. The van der Waals surface area contributed by atoms with Gasteiger partial charge in [0.2, 0.25) is 0 Å². The summed E-state index contributed by atoms with van der Waals surface area (Å²) in [5.74, 6) is 0.490. The fourth-order valence-electron chi connectivity index (χ4n) is 1.84. The highest BCUT2D eigenvalue weighted by molar-refractivity contribution is 6.32. The SMILES string of the molecule is FC(F)(F)CCCOc1c(Cl)cccc1CNC1CC1. The number of ether oxygens (including phenoxy) is 1. The molecule has 112 valence electrons. The van der Waals surface area contributed by atoms with Crippen molar-refractivity contribution in [1.29, 1.82) is 0 Å². The van der Waals surface area contributed by atoms with E-state index in [0.29, 0.717) is 23.4 Å². The molecule has 2 rings (SSSR count). The van der Waals surface area contributed by atoms with Crippen LogP contribution in [0.25, 0.3) is 0 Å². The van der Waals surface area contributed by atoms with Gasteiger partial charge >= 0.3 is 6.18 Å². The van der Waals surface area contributed by atoms with E-state index in [1.807, 2.05) is 12.1 Å². The van der Waals surface area contributed by atoms with E-state index < -0.39 is 12.6 Å². The number of halogens is 4. The second-order valence-electron chi connectivity index (χ2n) is 4.95. The first kappa shape index (κ1) is 15.4. The Morgan fingerprint density at radius 1 is 1.30 bits per heavy atom. The van der Waals surface area contributed by atoms with Crippen molar-refractivity contribution in [2.24, 2.45) is 0 Å². The van der Waals surface area contributed by atoms with Crippen LogP contribution in [0.2, 0.25) is 5.02 Å². The Balaban J connectivity index is 1.87. The third-order valence-corrected chi connectivity index (χ3v) is 3.36. The number of hydrogen-bond donors (Lipinski definition) is 1. The highest BCUT2D eigenvalue weighted by atomic mass is 35.5. The quantitative estimate of drug-likeness (QED) is 0.758. The topological polar surface area (TPSA) is 21.3 Å². The molecule has 0 saturated heterocycles. The van der Waals surface area contributed by atoms with Gasteiger partial charge in [0.1, 0.15) is 5.75 Å². The van der Waals surface area contributed by atoms with Crippen LogP contribution in [0.15, 0.2) is 18.2 Å². The molecule has 0 atom stereocenters. The molecule has 1 saturated carbocycles. The molecule has 0 bridgehead atoms. The summed E-state index contributed by atoms with van der Waals surface area (Å²) < 4.78 is 41.6. The lowest BCUT2D eigenvalue weighted by molar-refractivity contribution is -0.136. The van der Waals surface area contributed by atoms with Crippen molar-refractivity contribution in [3.63, 3.8) is 0 Å². The summed E-state index contributed by atoms with van der Waals surface area (Å²) in [4.78, 5) is 0. The summed E-state index contributed by atoms with van der Waals surface area (Å²) in [6.07, 6.45) is -2.71. The zero-order valence-corrected chi connectivity index (χ0v) is 11.7. The van der Waals surface area contributed by atoms with Gasteiger partial charge in [-0.3, -0.25) is 0 Å². The number of nitrogens with one attached hydrogen (secondary N) is 1. The fraction of sp³-hybridized carbons (Fsp3) is 0.571. The normalized spacial score (nSPS) is 15.4. The minimum Gasteiger partial charge on any atom is -0.492 e. The monoisotopic (exact) mass is 307 g/mol. The van der Waals surface area contributed by atoms with Crippen LogP contribution in [0.4, 0.5) is 13.2 Å². The van der Waals surface area contributed by atoms with E-state index in [4.69, 9.17) is 16.3 Å². The van der Waals surface area contributed by atoms with E-state index in [9.17, 15) is 13.2 Å². The maximum Gasteiger partial charge on any atom is 0.389 e. The van der Waals surface area contributed by atoms with Crippen molar-refractivity contribution in [1.82, 2.24) is 5.32 Å². The molecule has 0 aliphatic heterocycles. The Morgan fingerprint density at radius 2 is 2.05 bits per heavy atom. The molecule has 20 heavy (non-hydrogen) atoms. The van der Waals surface area contributed by atoms with Gasteiger partial charge < -0.3 is 10.1 Å². The Labute approximate surface area is 121 Å². The molecule has 0 spiro atoms. The largest absolute Gasteiger partial charge is 0.492 e. The lowest BCUT2D eigenvalue weighted by Gasteiger charge is -2.14. The lowest BCUT2D eigenvalue weighted by atomic mass is 10.2. The molecule has 1 aliphatic rings. The Morgan fingerprint density at radius 3 is 2.70 bits per heavy atom. The van der Waals surface area contributed by atoms with E-state index in [1.54, 1.807) is 6.07 Å². The molecular weight excluding hydrogens is 291 g/mol. The average molecular weight is 308 g/mol. The molecule has 1 fully saturated rings. The van der Waals surface area contributed by atoms with E-state index in [2.05, 4.69) is 5.32 Å². The van der Waals surface area contributed by atoms with Crippen molar-refractivity contribution in [3.05, 3.63) is 28.8 Å². The smallest absolute Gasteiger partial charge is 0.389 e. The molecule has 0 unspecified atom stereocenters. The highest BCUT2D eigenvalue weighted by Gasteiger charge is 2.26. The van der Waals surface area contributed by atoms with Gasteiger partial charge in [-0.1, -0.05) is 23.7 Å². The standard InChI is InChI=1S/C14H17ClF3NO/c15-12-4-1-3-10(9-19-11-5-6-11)13(12)20-8-2-7-14(16,17)18/h1,3-4,11,19H,2,5-9H2. The van der Waals surface area contributed by atoms with Crippen LogP contribution in [-0.2, 0) is 6.54 Å². The van der Waals surface area contributed by atoms with Crippen molar-refractivity contribution in [2.45, 2.75) is 44.4 Å². The molecule has 1 aromatic carbocycles. The summed E-state index contributed by atoms with van der Waals surface area (Å²) in [6.45, 7) is 0.638. The second kappa shape index (κ2) is 6.68. The molecule has 0 amide bonds.